The maximum atomic E-state index is 11.8. The van der Waals surface area contributed by atoms with Crippen LogP contribution < -0.4 is 10.6 Å². The van der Waals surface area contributed by atoms with Crippen molar-refractivity contribution < 1.29 is 4.79 Å². The van der Waals surface area contributed by atoms with Crippen molar-refractivity contribution in [3.63, 3.8) is 0 Å². The number of rotatable bonds is 7. The number of nitrogens with zero attached hydrogens (tertiary/aromatic N) is 2. The van der Waals surface area contributed by atoms with E-state index in [2.05, 4.69) is 45.3 Å². The predicted octanol–water partition coefficient (Wildman–Crippen LogP) is 2.62. The van der Waals surface area contributed by atoms with E-state index >= 15 is 0 Å². The average Bonchev–Trinajstić information content (AvgIpc) is 2.91. The van der Waals surface area contributed by atoms with Crippen LogP contribution in [0.3, 0.4) is 0 Å². The first-order valence-electron chi connectivity index (χ1n) is 9.10. The number of hydrogen-bond donors (Lipinski definition) is 2. The summed E-state index contributed by atoms with van der Waals surface area (Å²) in [4.78, 5) is 18.5. The highest BCUT2D eigenvalue weighted by Crippen LogP contribution is 2.25. The molecule has 5 nitrogen and oxygen atoms in total. The van der Waals surface area contributed by atoms with Gasteiger partial charge in [-0.1, -0.05) is 34.6 Å². The minimum absolute atomic E-state index is 0.205. The molecule has 1 aliphatic rings. The standard InChI is InChI=1S/C18H36N4O/c1-7-16(23)22-10-9-15(12-22)21-17(19-8-2)20-13-18(5,6)11-14(3)4/h14-15H,7-13H2,1-6H3,(H2,19,20,21). The van der Waals surface area contributed by atoms with E-state index in [1.165, 1.54) is 0 Å². The van der Waals surface area contributed by atoms with Crippen LogP contribution in [0.25, 0.3) is 0 Å². The fourth-order valence-corrected chi connectivity index (χ4v) is 3.30. The van der Waals surface area contributed by atoms with Crippen molar-refractivity contribution >= 4 is 11.9 Å². The van der Waals surface area contributed by atoms with Crippen LogP contribution >= 0.6 is 0 Å². The molecule has 0 saturated carbocycles. The van der Waals surface area contributed by atoms with E-state index in [1.807, 2.05) is 11.8 Å². The molecule has 1 amide bonds. The molecule has 1 unspecified atom stereocenters. The number of nitrogens with one attached hydrogen (secondary N) is 2. The zero-order valence-electron chi connectivity index (χ0n) is 15.9. The van der Waals surface area contributed by atoms with Crippen LogP contribution in [0.1, 0.15) is 60.8 Å². The largest absolute Gasteiger partial charge is 0.357 e. The van der Waals surface area contributed by atoms with Crippen molar-refractivity contribution in [2.24, 2.45) is 16.3 Å². The Morgan fingerprint density at radius 3 is 2.61 bits per heavy atom. The second kappa shape index (κ2) is 9.14. The van der Waals surface area contributed by atoms with Gasteiger partial charge in [-0.15, -0.1) is 0 Å². The number of carbonyl (C=O) groups is 1. The molecule has 1 atom stereocenters. The molecule has 23 heavy (non-hydrogen) atoms. The maximum absolute atomic E-state index is 11.8. The van der Waals surface area contributed by atoms with Gasteiger partial charge in [0.05, 0.1) is 0 Å². The van der Waals surface area contributed by atoms with Crippen LogP contribution in [-0.4, -0.2) is 49.0 Å². The number of likely N-dealkylation sites (tertiary alicyclic amines) is 1. The lowest BCUT2D eigenvalue weighted by Crippen LogP contribution is -2.45. The Morgan fingerprint density at radius 2 is 2.04 bits per heavy atom. The van der Waals surface area contributed by atoms with Gasteiger partial charge < -0.3 is 15.5 Å². The first-order chi connectivity index (χ1) is 10.8. The second-order valence-corrected chi connectivity index (χ2v) is 7.78. The van der Waals surface area contributed by atoms with Crippen LogP contribution in [0.15, 0.2) is 4.99 Å². The molecule has 2 N–H and O–H groups in total. The van der Waals surface area contributed by atoms with Gasteiger partial charge in [0.25, 0.3) is 0 Å². The number of guanidine groups is 1. The predicted molar refractivity (Wildman–Crippen MR) is 97.6 cm³/mol. The van der Waals surface area contributed by atoms with Crippen molar-refractivity contribution in [3.05, 3.63) is 0 Å². The molecule has 0 radical (unpaired) electrons. The molecular formula is C18H36N4O. The Morgan fingerprint density at radius 1 is 1.35 bits per heavy atom. The molecule has 0 aromatic rings. The van der Waals surface area contributed by atoms with Gasteiger partial charge in [0.15, 0.2) is 5.96 Å². The van der Waals surface area contributed by atoms with Crippen molar-refractivity contribution in [2.75, 3.05) is 26.2 Å². The molecular weight excluding hydrogens is 288 g/mol. The summed E-state index contributed by atoms with van der Waals surface area (Å²) in [6.07, 6.45) is 2.74. The SMILES string of the molecule is CCNC(=NCC(C)(C)CC(C)C)NC1CCN(C(=O)CC)C1. The molecule has 0 bridgehead atoms. The van der Waals surface area contributed by atoms with Gasteiger partial charge in [0, 0.05) is 38.6 Å². The molecule has 1 rings (SSSR count). The zero-order chi connectivity index (χ0) is 17.5. The van der Waals surface area contributed by atoms with Gasteiger partial charge in [0.2, 0.25) is 5.91 Å². The lowest BCUT2D eigenvalue weighted by molar-refractivity contribution is -0.129. The number of carbonyl (C=O) groups excluding carboxylic acids is 1. The van der Waals surface area contributed by atoms with E-state index in [0.717, 1.165) is 45.0 Å². The molecule has 0 spiro atoms. The van der Waals surface area contributed by atoms with E-state index in [-0.39, 0.29) is 11.3 Å². The van der Waals surface area contributed by atoms with Crippen molar-refractivity contribution in [3.8, 4) is 0 Å². The van der Waals surface area contributed by atoms with Gasteiger partial charge in [0.1, 0.15) is 0 Å². The summed E-state index contributed by atoms with van der Waals surface area (Å²) in [6, 6.07) is 0.302. The normalized spacial score (nSPS) is 19.3. The van der Waals surface area contributed by atoms with E-state index in [0.29, 0.717) is 18.4 Å². The second-order valence-electron chi connectivity index (χ2n) is 7.78. The summed E-state index contributed by atoms with van der Waals surface area (Å²) in [7, 11) is 0. The summed E-state index contributed by atoms with van der Waals surface area (Å²) in [5.41, 5.74) is 0.205. The van der Waals surface area contributed by atoms with Crippen LogP contribution in [0.4, 0.5) is 0 Å². The highest BCUT2D eigenvalue weighted by Gasteiger charge is 2.26. The highest BCUT2D eigenvalue weighted by atomic mass is 16.2. The lowest BCUT2D eigenvalue weighted by atomic mass is 9.84. The van der Waals surface area contributed by atoms with E-state index < -0.39 is 0 Å². The Kier molecular flexibility index (Phi) is 7.86. The molecule has 0 aromatic carbocycles. The molecule has 0 aromatic heterocycles. The summed E-state index contributed by atoms with van der Waals surface area (Å²) in [5.74, 6) is 1.80. The van der Waals surface area contributed by atoms with Crippen LogP contribution in [-0.2, 0) is 4.79 Å². The average molecular weight is 325 g/mol. The number of hydrogen-bond acceptors (Lipinski definition) is 2. The highest BCUT2D eigenvalue weighted by molar-refractivity contribution is 5.80. The first kappa shape index (κ1) is 19.8. The molecule has 1 aliphatic heterocycles. The maximum Gasteiger partial charge on any atom is 0.222 e. The van der Waals surface area contributed by atoms with Crippen LogP contribution in [0, 0.1) is 11.3 Å². The van der Waals surface area contributed by atoms with Gasteiger partial charge in [-0.05, 0) is 31.1 Å². The Balaban J connectivity index is 2.58. The zero-order valence-corrected chi connectivity index (χ0v) is 15.9. The smallest absolute Gasteiger partial charge is 0.222 e. The number of amides is 1. The fourth-order valence-electron chi connectivity index (χ4n) is 3.30. The van der Waals surface area contributed by atoms with Gasteiger partial charge in [-0.2, -0.15) is 0 Å². The van der Waals surface area contributed by atoms with Crippen LogP contribution in [0.2, 0.25) is 0 Å². The first-order valence-corrected chi connectivity index (χ1v) is 9.10. The van der Waals surface area contributed by atoms with Crippen LogP contribution in [0.5, 0.6) is 0 Å². The topological polar surface area (TPSA) is 56.7 Å². The van der Waals surface area contributed by atoms with Gasteiger partial charge >= 0.3 is 0 Å². The third kappa shape index (κ3) is 7.23. The molecule has 1 fully saturated rings. The van der Waals surface area contributed by atoms with Crippen molar-refractivity contribution in [1.82, 2.24) is 15.5 Å². The lowest BCUT2D eigenvalue weighted by Gasteiger charge is -2.25. The van der Waals surface area contributed by atoms with E-state index in [9.17, 15) is 4.79 Å². The number of aliphatic imine (C=N–C) groups is 1. The monoisotopic (exact) mass is 324 g/mol. The quantitative estimate of drug-likeness (QED) is 0.559. The molecule has 1 heterocycles. The van der Waals surface area contributed by atoms with Gasteiger partial charge in [-0.3, -0.25) is 9.79 Å². The van der Waals surface area contributed by atoms with Gasteiger partial charge in [-0.25, -0.2) is 0 Å². The Hall–Kier alpha value is -1.26. The van der Waals surface area contributed by atoms with Crippen molar-refractivity contribution in [1.29, 1.82) is 0 Å². The third-order valence-electron chi connectivity index (χ3n) is 4.15. The summed E-state index contributed by atoms with van der Waals surface area (Å²) in [5, 5.41) is 6.83. The van der Waals surface area contributed by atoms with E-state index in [1.54, 1.807) is 0 Å². The van der Waals surface area contributed by atoms with E-state index in [4.69, 9.17) is 4.99 Å². The Bertz CT molecular complexity index is 404. The Labute approximate surface area is 142 Å². The minimum Gasteiger partial charge on any atom is -0.357 e. The molecule has 0 aliphatic carbocycles. The summed E-state index contributed by atoms with van der Waals surface area (Å²) in [6.45, 7) is 16.4. The summed E-state index contributed by atoms with van der Waals surface area (Å²) < 4.78 is 0. The van der Waals surface area contributed by atoms with Crippen molar-refractivity contribution in [2.45, 2.75) is 66.8 Å². The molecule has 1 saturated heterocycles. The minimum atomic E-state index is 0.205. The molecule has 5 heteroatoms. The molecule has 134 valence electrons. The fraction of sp³-hybridized carbons (Fsp3) is 0.889. The third-order valence-corrected chi connectivity index (χ3v) is 4.15. The summed E-state index contributed by atoms with van der Waals surface area (Å²) >= 11 is 0.